The number of carbonyl (C=O) groups excluding carboxylic acids is 5. The Balaban J connectivity index is 3.43. The van der Waals surface area contributed by atoms with Gasteiger partial charge in [-0.05, 0) is 51.5 Å². The zero-order valence-corrected chi connectivity index (χ0v) is 28.3. The number of aliphatic carboxylic acids is 1. The smallest absolute Gasteiger partial charge is 0.327 e. The molecule has 0 aromatic rings. The molecule has 48 heavy (non-hydrogen) atoms. The number of unbranched alkanes of at least 4 members (excludes halogenated alkanes) is 1. The lowest BCUT2D eigenvalue weighted by atomic mass is 10.0. The fourth-order valence-corrected chi connectivity index (χ4v) is 6.43. The molecular weight excluding hydrogens is 671 g/mol. The minimum atomic E-state index is -1.36. The monoisotopic (exact) mass is 719 g/mol. The predicted octanol–water partition coefficient (Wildman–Crippen LogP) is -4.92. The summed E-state index contributed by atoms with van der Waals surface area (Å²) in [5, 5.41) is 22.4. The van der Waals surface area contributed by atoms with E-state index in [1.807, 2.05) is 0 Å². The second-order valence-corrected chi connectivity index (χ2v) is 13.3. The topological polar surface area (TPSA) is 364 Å². The maximum absolute atomic E-state index is 13.6. The Bertz CT molecular complexity index is 1150. The molecule has 0 unspecified atom stereocenters. The van der Waals surface area contributed by atoms with E-state index in [1.54, 1.807) is 0 Å². The molecule has 1 aliphatic heterocycles. The van der Waals surface area contributed by atoms with Crippen LogP contribution in [-0.4, -0.2) is 120 Å². The highest BCUT2D eigenvalue weighted by Gasteiger charge is 2.31. The minimum absolute atomic E-state index is 0.0129. The van der Waals surface area contributed by atoms with Gasteiger partial charge in [0.1, 0.15) is 24.2 Å². The maximum atomic E-state index is 13.6. The van der Waals surface area contributed by atoms with Crippen molar-refractivity contribution in [2.45, 2.75) is 75.2 Å². The Morgan fingerprint density at radius 1 is 0.708 bits per heavy atom. The first-order chi connectivity index (χ1) is 22.7. The molecule has 1 aliphatic rings. The van der Waals surface area contributed by atoms with Crippen molar-refractivity contribution < 1.29 is 33.9 Å². The fraction of sp³-hybridized carbons (Fsp3) is 0.692. The van der Waals surface area contributed by atoms with Crippen LogP contribution in [0.5, 0.6) is 0 Å². The number of hydrogen-bond acceptors (Lipinski definition) is 12. The third kappa shape index (κ3) is 17.8. The first kappa shape index (κ1) is 42.0. The zero-order chi connectivity index (χ0) is 36.1. The third-order valence-corrected chi connectivity index (χ3v) is 9.14. The number of nitrogens with two attached hydrogens (primary N) is 6. The number of aliphatic imine (C=N–C) groups is 2. The number of carbonyl (C=O) groups is 6. The van der Waals surface area contributed by atoms with Crippen molar-refractivity contribution in [2.75, 3.05) is 37.7 Å². The first-order valence-electron chi connectivity index (χ1n) is 15.3. The van der Waals surface area contributed by atoms with Gasteiger partial charge in [-0.25, -0.2) is 4.79 Å². The molecule has 1 rings (SSSR count). The van der Waals surface area contributed by atoms with E-state index in [1.165, 1.54) is 0 Å². The molecule has 0 aromatic carbocycles. The van der Waals surface area contributed by atoms with Crippen molar-refractivity contribution in [1.29, 1.82) is 0 Å². The highest BCUT2D eigenvalue weighted by Crippen LogP contribution is 2.23. The Morgan fingerprint density at radius 2 is 1.19 bits per heavy atom. The Hall–Kier alpha value is -4.02. The molecule has 18 N–H and O–H groups in total. The van der Waals surface area contributed by atoms with Gasteiger partial charge in [0, 0.05) is 24.6 Å². The van der Waals surface area contributed by atoms with Crippen molar-refractivity contribution in [3.05, 3.63) is 0 Å². The van der Waals surface area contributed by atoms with Crippen molar-refractivity contribution in [1.82, 2.24) is 26.6 Å². The van der Waals surface area contributed by atoms with Crippen LogP contribution in [0.25, 0.3) is 0 Å². The average molecular weight is 720 g/mol. The molecule has 0 saturated carbocycles. The molecule has 0 spiro atoms. The summed E-state index contributed by atoms with van der Waals surface area (Å²) >= 11 is 0. The third-order valence-electron chi connectivity index (χ3n) is 6.70. The number of hydrogen-bond donors (Lipinski definition) is 12. The highest BCUT2D eigenvalue weighted by atomic mass is 33.1. The standard InChI is InChI=1S/C26H49N13O7S2/c27-8-2-1-5-15-21(42)37-16(6-3-9-33-25(29)30)22(43)38-17(7-4-10-34-26(31)32)23(44)39-18(24(45)46)13-48-47-12-14(28)20(41)35-11-19(40)36-15/h14-18H,1-13,27-28H2,(H,35,41)(H,36,40)(H,37,42)(H,38,43)(H,39,44)(H,45,46)(H4,29,30,33)(H4,31,32,34)/t14-,15+,16-,17-,18-/m0/s1. The largest absolute Gasteiger partial charge is 0.480 e. The van der Waals surface area contributed by atoms with Gasteiger partial charge in [-0.3, -0.25) is 34.0 Å². The number of nitrogens with one attached hydrogen (secondary N) is 5. The van der Waals surface area contributed by atoms with E-state index < -0.39 is 72.3 Å². The molecule has 0 aliphatic carbocycles. The molecule has 0 bridgehead atoms. The molecule has 272 valence electrons. The lowest BCUT2D eigenvalue weighted by molar-refractivity contribution is -0.141. The summed E-state index contributed by atoms with van der Waals surface area (Å²) in [4.78, 5) is 85.4. The van der Waals surface area contributed by atoms with Gasteiger partial charge >= 0.3 is 5.97 Å². The van der Waals surface area contributed by atoms with Crippen LogP contribution in [-0.2, 0) is 28.8 Å². The molecule has 1 saturated heterocycles. The summed E-state index contributed by atoms with van der Waals surface area (Å²) in [6, 6.07) is -5.97. The maximum Gasteiger partial charge on any atom is 0.327 e. The second-order valence-electron chi connectivity index (χ2n) is 10.7. The van der Waals surface area contributed by atoms with Crippen LogP contribution in [0.15, 0.2) is 9.98 Å². The zero-order valence-electron chi connectivity index (χ0n) is 26.7. The molecule has 0 radical (unpaired) electrons. The number of nitrogens with zero attached hydrogens (tertiary/aromatic N) is 2. The second kappa shape index (κ2) is 23.3. The van der Waals surface area contributed by atoms with Crippen LogP contribution < -0.4 is 61.0 Å². The van der Waals surface area contributed by atoms with Gasteiger partial charge in [0.2, 0.25) is 29.5 Å². The van der Waals surface area contributed by atoms with Gasteiger partial charge in [0.05, 0.1) is 12.6 Å². The summed E-state index contributed by atoms with van der Waals surface area (Å²) in [6.07, 6.45) is 1.70. The van der Waals surface area contributed by atoms with Crippen molar-refractivity contribution in [2.24, 2.45) is 44.4 Å². The average Bonchev–Trinajstić information content (AvgIpc) is 3.02. The van der Waals surface area contributed by atoms with E-state index in [-0.39, 0.29) is 68.6 Å². The Labute approximate surface area is 286 Å². The van der Waals surface area contributed by atoms with Crippen LogP contribution in [0.2, 0.25) is 0 Å². The van der Waals surface area contributed by atoms with Crippen LogP contribution in [0, 0.1) is 0 Å². The predicted molar refractivity (Wildman–Crippen MR) is 184 cm³/mol. The molecule has 0 aromatic heterocycles. The van der Waals surface area contributed by atoms with Crippen molar-refractivity contribution >= 4 is 69.0 Å². The van der Waals surface area contributed by atoms with E-state index in [9.17, 15) is 33.9 Å². The summed E-state index contributed by atoms with van der Waals surface area (Å²) in [5.41, 5.74) is 33.1. The van der Waals surface area contributed by atoms with Crippen LogP contribution in [0.3, 0.4) is 0 Å². The van der Waals surface area contributed by atoms with Gasteiger partial charge < -0.3 is 66.1 Å². The van der Waals surface area contributed by atoms with Gasteiger partial charge in [0.15, 0.2) is 11.9 Å². The van der Waals surface area contributed by atoms with Crippen LogP contribution in [0.1, 0.15) is 44.9 Å². The number of guanidine groups is 2. The molecule has 20 nitrogen and oxygen atoms in total. The number of carboxylic acids is 1. The molecule has 22 heteroatoms. The van der Waals surface area contributed by atoms with Gasteiger partial charge in [-0.2, -0.15) is 0 Å². The van der Waals surface area contributed by atoms with Crippen LogP contribution >= 0.6 is 21.6 Å². The van der Waals surface area contributed by atoms with E-state index in [0.29, 0.717) is 19.4 Å². The fourth-order valence-electron chi connectivity index (χ4n) is 4.16. The summed E-state index contributed by atoms with van der Waals surface area (Å²) in [6.45, 7) is 0.117. The number of amides is 5. The lowest BCUT2D eigenvalue weighted by Crippen LogP contribution is -2.58. The quantitative estimate of drug-likeness (QED) is 0.0367. The van der Waals surface area contributed by atoms with E-state index in [4.69, 9.17) is 34.4 Å². The summed E-state index contributed by atoms with van der Waals surface area (Å²) < 4.78 is 0. The van der Waals surface area contributed by atoms with Gasteiger partial charge in [-0.15, -0.1) is 0 Å². The van der Waals surface area contributed by atoms with Crippen LogP contribution in [0.4, 0.5) is 0 Å². The number of carboxylic acid groups (broad SMARTS) is 1. The van der Waals surface area contributed by atoms with Crippen molar-refractivity contribution in [3.8, 4) is 0 Å². The summed E-state index contributed by atoms with van der Waals surface area (Å²) in [5.74, 6) is -5.27. The lowest BCUT2D eigenvalue weighted by Gasteiger charge is -2.26. The molecular formula is C26H49N13O7S2. The Morgan fingerprint density at radius 3 is 1.69 bits per heavy atom. The molecule has 1 fully saturated rings. The van der Waals surface area contributed by atoms with Crippen molar-refractivity contribution in [3.63, 3.8) is 0 Å². The minimum Gasteiger partial charge on any atom is -0.480 e. The Kier molecular flexibility index (Phi) is 20.4. The highest BCUT2D eigenvalue weighted by molar-refractivity contribution is 8.76. The first-order valence-corrected chi connectivity index (χ1v) is 17.8. The van der Waals surface area contributed by atoms with E-state index in [2.05, 4.69) is 36.6 Å². The normalized spacial score (nSPS) is 23.7. The molecule has 1 heterocycles. The van der Waals surface area contributed by atoms with Gasteiger partial charge in [-0.1, -0.05) is 21.6 Å². The summed E-state index contributed by atoms with van der Waals surface area (Å²) in [7, 11) is 2.16. The van der Waals surface area contributed by atoms with E-state index in [0.717, 1.165) is 21.6 Å². The van der Waals surface area contributed by atoms with E-state index >= 15 is 0 Å². The van der Waals surface area contributed by atoms with Gasteiger partial charge in [0.25, 0.3) is 0 Å². The molecule has 5 amide bonds. The molecule has 5 atom stereocenters. The SMILES string of the molecule is NCCCC[C@H]1NC(=O)CNC(=O)[C@@H](N)CSSC[C@@H](C(=O)O)NC(=O)[C@H](CCCN=C(N)N)NC(=O)[C@H](CCCN=C(N)N)NC1=O. The number of rotatable bonds is 13.